The topological polar surface area (TPSA) is 99.4 Å². The number of nitrogens with one attached hydrogen (secondary N) is 1. The molecule has 0 radical (unpaired) electrons. The number of halogens is 5. The zero-order valence-electron chi connectivity index (χ0n) is 72.0. The van der Waals surface area contributed by atoms with Crippen LogP contribution in [0.15, 0.2) is 473 Å². The van der Waals surface area contributed by atoms with Crippen LogP contribution in [0.25, 0.3) is 144 Å². The second-order valence-electron chi connectivity index (χ2n) is 32.0. The molecule has 634 valence electrons. The van der Waals surface area contributed by atoms with Gasteiger partial charge in [-0.15, -0.1) is 0 Å². The lowest BCUT2D eigenvalue weighted by Gasteiger charge is -2.32. The van der Waals surface area contributed by atoms with Gasteiger partial charge in [0.1, 0.15) is 0 Å². The van der Waals surface area contributed by atoms with Gasteiger partial charge in [0.05, 0.1) is 33.6 Å². The molecule has 1 amide bonds. The summed E-state index contributed by atoms with van der Waals surface area (Å²) >= 11 is 16.1. The van der Waals surface area contributed by atoms with Gasteiger partial charge in [-0.3, -0.25) is 4.79 Å². The first-order chi connectivity index (χ1) is 63.4. The Bertz CT molecular complexity index is 7250. The zero-order chi connectivity index (χ0) is 89.9. The standard InChI is InChI=1S/C31H28BNO2.C25H18BrNO.C25H16BrN.C18H15N.C12H9Br.C6H4BrI/c1-30(2)31(3,4)35-32(34-30)23-19-17-22(18-20-23)29-26-15-10-14-24(21-11-6-5-7-12-21)28(26)25-13-8-9-16-27(25)33-29;26-20-16-14-19(15-17-20)25(28)27-24-13-7-6-12-23(24)22-11-5-4-10-21(22)18-8-2-1-3-9-18;26-19-15-13-18(14-16-19)25-22-11-6-10-20(17-7-2-1-3-8-17)24(22)21-9-4-5-12-23(21)27-25;19-18-13-7-6-12-17(18)16-11-5-4-10-15(16)14-8-2-1-3-9-14;13-12-9-5-4-8-11(12)10-6-2-1-3-7-10;7-5-3-1-2-4-6(5)8/h5-20H,1-4H3;1-17H,(H,27,28);1-16H;1-13H,19H2;1-9H;1-4H. The molecule has 130 heavy (non-hydrogen) atoms. The number of hydrogen-bond acceptors (Lipinski definition) is 6. The van der Waals surface area contributed by atoms with Crippen molar-refractivity contribution in [2.75, 3.05) is 11.1 Å². The number of rotatable bonds is 12. The van der Waals surface area contributed by atoms with Gasteiger partial charge >= 0.3 is 7.12 Å². The average Bonchev–Trinajstić information content (AvgIpc) is 0.906. The molecule has 0 spiro atoms. The lowest BCUT2D eigenvalue weighted by Crippen LogP contribution is -2.41. The van der Waals surface area contributed by atoms with Crippen LogP contribution in [-0.4, -0.2) is 34.2 Å². The van der Waals surface area contributed by atoms with E-state index < -0.39 is 0 Å². The summed E-state index contributed by atoms with van der Waals surface area (Å²) in [5.41, 5.74) is 31.2. The van der Waals surface area contributed by atoms with Crippen LogP contribution in [0.5, 0.6) is 0 Å². The molecule has 1 aliphatic heterocycles. The predicted octanol–water partition coefficient (Wildman–Crippen LogP) is 33.3. The van der Waals surface area contributed by atoms with E-state index in [-0.39, 0.29) is 24.2 Å². The van der Waals surface area contributed by atoms with E-state index in [1.54, 1.807) is 12.1 Å². The second kappa shape index (κ2) is 42.6. The molecule has 3 N–H and O–H groups in total. The van der Waals surface area contributed by atoms with Gasteiger partial charge < -0.3 is 20.4 Å². The molecule has 0 bridgehead atoms. The molecule has 20 aromatic rings. The fraction of sp³-hybridized carbons (Fsp3) is 0.0513. The third kappa shape index (κ3) is 21.5. The van der Waals surface area contributed by atoms with E-state index in [2.05, 4.69) is 429 Å². The highest BCUT2D eigenvalue weighted by Crippen LogP contribution is 2.44. The van der Waals surface area contributed by atoms with Crippen molar-refractivity contribution in [1.82, 2.24) is 9.97 Å². The summed E-state index contributed by atoms with van der Waals surface area (Å²) in [7, 11) is -0.375. The molecule has 13 heteroatoms. The molecule has 2 aromatic heterocycles. The number of carbonyl (C=O) groups excluding carboxylic acids is 1. The highest BCUT2D eigenvalue weighted by molar-refractivity contribution is 14.1. The van der Waals surface area contributed by atoms with Crippen LogP contribution in [0.1, 0.15) is 38.1 Å². The van der Waals surface area contributed by atoms with Crippen molar-refractivity contribution in [3.8, 4) is 100 Å². The number of nitrogens with zero attached hydrogens (tertiary/aromatic N) is 2. The molecule has 0 unspecified atom stereocenters. The number of fused-ring (bicyclic) bond motifs is 6. The summed E-state index contributed by atoms with van der Waals surface area (Å²) in [5, 5.41) is 10.2. The molecule has 0 aliphatic carbocycles. The van der Waals surface area contributed by atoms with Crippen LogP contribution in [0, 0.1) is 3.57 Å². The maximum atomic E-state index is 12.7. The highest BCUT2D eigenvalue weighted by atomic mass is 127. The molecule has 21 rings (SSSR count). The Balaban J connectivity index is 0.000000119. The van der Waals surface area contributed by atoms with Gasteiger partial charge in [0.25, 0.3) is 5.91 Å². The Morgan fingerprint density at radius 2 is 0.623 bits per heavy atom. The minimum Gasteiger partial charge on any atom is -0.399 e. The molecule has 7 nitrogen and oxygen atoms in total. The van der Waals surface area contributed by atoms with Crippen molar-refractivity contribution in [2.24, 2.45) is 0 Å². The van der Waals surface area contributed by atoms with Crippen LogP contribution < -0.4 is 16.5 Å². The van der Waals surface area contributed by atoms with Crippen molar-refractivity contribution >= 4 is 160 Å². The quantitative estimate of drug-likeness (QED) is 0.0547. The number of nitrogens with two attached hydrogens (primary N) is 1. The van der Waals surface area contributed by atoms with Gasteiger partial charge in [0, 0.05) is 93.0 Å². The van der Waals surface area contributed by atoms with Gasteiger partial charge in [0.15, 0.2) is 0 Å². The van der Waals surface area contributed by atoms with Crippen molar-refractivity contribution < 1.29 is 14.1 Å². The van der Waals surface area contributed by atoms with Crippen LogP contribution in [-0.2, 0) is 9.31 Å². The largest absolute Gasteiger partial charge is 0.494 e. The number of nitrogen functional groups attached to an aromatic ring is 1. The van der Waals surface area contributed by atoms with E-state index in [4.69, 9.17) is 25.0 Å². The minimum atomic E-state index is -0.375. The molecular formula is C117H90BBr4IN4O3. The van der Waals surface area contributed by atoms with Gasteiger partial charge in [-0.2, -0.15) is 0 Å². The van der Waals surface area contributed by atoms with Gasteiger partial charge in [-0.05, 0) is 217 Å². The zero-order valence-corrected chi connectivity index (χ0v) is 80.5. The first-order valence-corrected chi connectivity index (χ1v) is 47.1. The van der Waals surface area contributed by atoms with Crippen molar-refractivity contribution in [3.63, 3.8) is 0 Å². The number of para-hydroxylation sites is 4. The summed E-state index contributed by atoms with van der Waals surface area (Å²) in [4.78, 5) is 22.9. The number of carbonyl (C=O) groups is 1. The van der Waals surface area contributed by atoms with Crippen molar-refractivity contribution in [1.29, 1.82) is 0 Å². The Labute approximate surface area is 808 Å². The van der Waals surface area contributed by atoms with Crippen LogP contribution in [0.3, 0.4) is 0 Å². The van der Waals surface area contributed by atoms with Crippen LogP contribution in [0.2, 0.25) is 0 Å². The van der Waals surface area contributed by atoms with Crippen LogP contribution in [0.4, 0.5) is 11.4 Å². The molecule has 1 saturated heterocycles. The fourth-order valence-corrected chi connectivity index (χ4v) is 17.6. The molecule has 0 atom stereocenters. The lowest BCUT2D eigenvalue weighted by molar-refractivity contribution is 0.00578. The molecular weight excluding hydrogens is 1970 g/mol. The van der Waals surface area contributed by atoms with E-state index in [0.29, 0.717) is 5.56 Å². The first-order valence-electron chi connectivity index (χ1n) is 42.9. The predicted molar refractivity (Wildman–Crippen MR) is 571 cm³/mol. The van der Waals surface area contributed by atoms with Gasteiger partial charge in [-0.25, -0.2) is 9.97 Å². The normalized spacial score (nSPS) is 12.1. The average molecular weight is 2060 g/mol. The monoisotopic (exact) mass is 2050 g/mol. The number of anilines is 2. The van der Waals surface area contributed by atoms with E-state index >= 15 is 0 Å². The van der Waals surface area contributed by atoms with Crippen LogP contribution >= 0.6 is 86.3 Å². The van der Waals surface area contributed by atoms with Gasteiger partial charge in [0.2, 0.25) is 0 Å². The summed E-state index contributed by atoms with van der Waals surface area (Å²) in [6, 6.07) is 155. The number of aromatic nitrogens is 2. The van der Waals surface area contributed by atoms with Crippen molar-refractivity contribution in [3.05, 3.63) is 482 Å². The SMILES string of the molecule is Brc1ccc(-c2nc3ccccc3c3c(-c4ccccc4)cccc23)cc1.Brc1ccccc1-c1ccccc1.Brc1ccccc1I.CC1(C)OB(c2ccc(-c3nc4ccccc4c4c(-c5ccccc5)cccc34)cc2)OC1(C)C.Nc1ccccc1-c1ccccc1-c1ccccc1.O=C(Nc1ccccc1-c1ccccc1-c1ccccc1)c1ccc(Br)cc1. The molecule has 18 aromatic carbocycles. The van der Waals surface area contributed by atoms with Gasteiger partial charge in [-0.1, -0.05) is 424 Å². The molecule has 3 heterocycles. The molecule has 0 saturated carbocycles. The Kier molecular flexibility index (Phi) is 29.7. The maximum Gasteiger partial charge on any atom is 0.494 e. The van der Waals surface area contributed by atoms with E-state index in [1.165, 1.54) is 85.0 Å². The summed E-state index contributed by atoms with van der Waals surface area (Å²) in [6.07, 6.45) is 0. The number of benzene rings is 18. The Hall–Kier alpha value is -12.8. The lowest BCUT2D eigenvalue weighted by atomic mass is 9.78. The fourth-order valence-electron chi connectivity index (χ4n) is 15.8. The van der Waals surface area contributed by atoms with E-state index in [0.717, 1.165) is 97.0 Å². The third-order valence-corrected chi connectivity index (χ3v) is 27.2. The third-order valence-electron chi connectivity index (χ3n) is 23.1. The first kappa shape index (κ1) is 90.6. The van der Waals surface area contributed by atoms with Crippen molar-refractivity contribution in [2.45, 2.75) is 38.9 Å². The van der Waals surface area contributed by atoms with E-state index in [9.17, 15) is 4.79 Å². The Morgan fingerprint density at radius 3 is 1.05 bits per heavy atom. The summed E-state index contributed by atoms with van der Waals surface area (Å²) in [5.74, 6) is -0.128. The smallest absolute Gasteiger partial charge is 0.399 e. The summed E-state index contributed by atoms with van der Waals surface area (Å²) < 4.78 is 18.1. The second-order valence-corrected chi connectivity index (χ2v) is 36.7. The maximum absolute atomic E-state index is 12.7. The number of pyridine rings is 2. The minimum absolute atomic E-state index is 0.128. The summed E-state index contributed by atoms with van der Waals surface area (Å²) in [6.45, 7) is 8.32. The Morgan fingerprint density at radius 1 is 0.300 bits per heavy atom. The number of hydrogen-bond donors (Lipinski definition) is 2. The number of amides is 1. The van der Waals surface area contributed by atoms with E-state index in [1.807, 2.05) is 133 Å². The highest BCUT2D eigenvalue weighted by Gasteiger charge is 2.51. The molecule has 1 aliphatic rings. The molecule has 1 fully saturated rings.